The maximum Gasteiger partial charge on any atom is 0.338 e. The van der Waals surface area contributed by atoms with Gasteiger partial charge in [-0.15, -0.1) is 0 Å². The van der Waals surface area contributed by atoms with E-state index in [-0.39, 0.29) is 24.4 Å². The van der Waals surface area contributed by atoms with Crippen LogP contribution in [-0.4, -0.2) is 44.3 Å². The lowest BCUT2D eigenvalue weighted by molar-refractivity contribution is -0.123. The molecule has 0 atom stereocenters. The maximum atomic E-state index is 12.5. The van der Waals surface area contributed by atoms with E-state index in [4.69, 9.17) is 24.7 Å². The Bertz CT molecular complexity index is 988. The Hall–Kier alpha value is -3.42. The molecule has 3 rings (SSSR count). The van der Waals surface area contributed by atoms with Crippen LogP contribution in [0, 0.1) is 0 Å². The van der Waals surface area contributed by atoms with Gasteiger partial charge >= 0.3 is 5.97 Å². The van der Waals surface area contributed by atoms with E-state index in [1.54, 1.807) is 12.1 Å². The summed E-state index contributed by atoms with van der Waals surface area (Å²) in [4.78, 5) is 24.8. The fraction of sp³-hybridized carbons (Fsp3) is 0.481. The van der Waals surface area contributed by atoms with E-state index in [2.05, 4.69) is 5.32 Å². The zero-order valence-electron chi connectivity index (χ0n) is 20.6. The summed E-state index contributed by atoms with van der Waals surface area (Å²) in [5.74, 6) is 1.01. The number of hydrogen-bond donors (Lipinski definition) is 2. The fourth-order valence-corrected chi connectivity index (χ4v) is 3.98. The summed E-state index contributed by atoms with van der Waals surface area (Å²) in [6, 6.07) is 10.5. The molecular weight excluding hydrogens is 448 g/mol. The molecule has 0 radical (unpaired) electrons. The van der Waals surface area contributed by atoms with Crippen LogP contribution in [0.3, 0.4) is 0 Å². The lowest BCUT2D eigenvalue weighted by atomic mass is 9.98. The Morgan fingerprint density at radius 2 is 1.66 bits per heavy atom. The van der Waals surface area contributed by atoms with Crippen LogP contribution in [0.5, 0.6) is 17.2 Å². The molecule has 1 amide bonds. The van der Waals surface area contributed by atoms with E-state index in [1.807, 2.05) is 32.0 Å². The number of benzene rings is 2. The molecule has 1 fully saturated rings. The van der Waals surface area contributed by atoms with Crippen LogP contribution in [0.25, 0.3) is 0 Å². The highest BCUT2D eigenvalue weighted by atomic mass is 16.5. The van der Waals surface area contributed by atoms with Gasteiger partial charge in [-0.05, 0) is 81.8 Å². The van der Waals surface area contributed by atoms with Gasteiger partial charge in [-0.1, -0.05) is 12.5 Å². The largest absolute Gasteiger partial charge is 0.490 e. The fourth-order valence-electron chi connectivity index (χ4n) is 3.98. The third-order valence-corrected chi connectivity index (χ3v) is 5.78. The molecule has 0 aromatic heterocycles. The second-order valence-corrected chi connectivity index (χ2v) is 8.45. The predicted octanol–water partition coefficient (Wildman–Crippen LogP) is 4.29. The van der Waals surface area contributed by atoms with Crippen LogP contribution >= 0.6 is 0 Å². The molecule has 0 aliphatic heterocycles. The van der Waals surface area contributed by atoms with Gasteiger partial charge in [0.2, 0.25) is 0 Å². The van der Waals surface area contributed by atoms with Crippen LogP contribution in [0.2, 0.25) is 0 Å². The Balaban J connectivity index is 1.47. The van der Waals surface area contributed by atoms with Gasteiger partial charge in [0.1, 0.15) is 11.9 Å². The van der Waals surface area contributed by atoms with Gasteiger partial charge in [-0.2, -0.15) is 0 Å². The number of nitrogens with two attached hydrogens (primary N) is 1. The number of anilines is 1. The van der Waals surface area contributed by atoms with Crippen molar-refractivity contribution in [3.8, 4) is 17.2 Å². The minimum Gasteiger partial charge on any atom is -0.490 e. The van der Waals surface area contributed by atoms with Crippen molar-refractivity contribution in [3.05, 3.63) is 47.5 Å². The van der Waals surface area contributed by atoms with Gasteiger partial charge in [0.25, 0.3) is 5.91 Å². The summed E-state index contributed by atoms with van der Waals surface area (Å²) in [6.07, 6.45) is 5.73. The first-order chi connectivity index (χ1) is 17.0. The van der Waals surface area contributed by atoms with E-state index in [0.29, 0.717) is 48.9 Å². The van der Waals surface area contributed by atoms with E-state index in [1.165, 1.54) is 12.5 Å². The molecule has 0 spiro atoms. The number of nitrogen functional groups attached to an aromatic ring is 1. The van der Waals surface area contributed by atoms with Crippen LogP contribution < -0.4 is 25.3 Å². The van der Waals surface area contributed by atoms with Crippen molar-refractivity contribution in [2.45, 2.75) is 58.5 Å². The predicted molar refractivity (Wildman–Crippen MR) is 134 cm³/mol. The summed E-state index contributed by atoms with van der Waals surface area (Å²) in [5.41, 5.74) is 7.71. The Morgan fingerprint density at radius 3 is 2.40 bits per heavy atom. The van der Waals surface area contributed by atoms with Crippen LogP contribution in [-0.2, 0) is 16.0 Å². The second kappa shape index (κ2) is 13.5. The lowest BCUT2D eigenvalue weighted by Crippen LogP contribution is -2.30. The average molecular weight is 485 g/mol. The zero-order valence-corrected chi connectivity index (χ0v) is 20.6. The first-order valence-corrected chi connectivity index (χ1v) is 12.4. The molecule has 1 saturated carbocycles. The molecule has 190 valence electrons. The minimum absolute atomic E-state index is 0.0380. The highest BCUT2D eigenvalue weighted by Gasteiger charge is 2.19. The lowest BCUT2D eigenvalue weighted by Gasteiger charge is -2.22. The second-order valence-electron chi connectivity index (χ2n) is 8.45. The number of carbonyl (C=O) groups excluding carboxylic acids is 2. The molecule has 0 saturated heterocycles. The smallest absolute Gasteiger partial charge is 0.338 e. The Morgan fingerprint density at radius 1 is 0.914 bits per heavy atom. The first kappa shape index (κ1) is 26.2. The van der Waals surface area contributed by atoms with Gasteiger partial charge in [0.15, 0.2) is 18.1 Å². The van der Waals surface area contributed by atoms with Gasteiger partial charge in [0, 0.05) is 6.54 Å². The molecular formula is C27H36N2O6. The monoisotopic (exact) mass is 484 g/mol. The first-order valence-electron chi connectivity index (χ1n) is 12.4. The van der Waals surface area contributed by atoms with Crippen molar-refractivity contribution in [3.63, 3.8) is 0 Å². The molecule has 8 nitrogen and oxygen atoms in total. The molecule has 3 N–H and O–H groups in total. The number of hydrogen-bond acceptors (Lipinski definition) is 7. The van der Waals surface area contributed by atoms with Crippen molar-refractivity contribution in [2.24, 2.45) is 0 Å². The Labute approximate surface area is 207 Å². The van der Waals surface area contributed by atoms with E-state index >= 15 is 0 Å². The number of ether oxygens (including phenoxy) is 4. The molecule has 0 unspecified atom stereocenters. The normalized spacial score (nSPS) is 13.7. The SMILES string of the molecule is CCOc1ccc(CCNC(=O)COc2cc(C(=O)OC3CCCCC3)ccc2N)cc1OCC. The molecule has 0 bridgehead atoms. The number of carbonyl (C=O) groups is 2. The Kier molecular flexibility index (Phi) is 10.1. The number of esters is 1. The molecule has 2 aromatic carbocycles. The molecule has 1 aliphatic carbocycles. The van der Waals surface area contributed by atoms with Gasteiger partial charge in [0.05, 0.1) is 24.5 Å². The third kappa shape index (κ3) is 8.09. The number of nitrogens with one attached hydrogen (secondary N) is 1. The van der Waals surface area contributed by atoms with E-state index in [9.17, 15) is 9.59 Å². The zero-order chi connectivity index (χ0) is 25.0. The average Bonchev–Trinajstić information content (AvgIpc) is 2.86. The van der Waals surface area contributed by atoms with Crippen molar-refractivity contribution >= 4 is 17.6 Å². The number of rotatable bonds is 12. The van der Waals surface area contributed by atoms with Crippen molar-refractivity contribution in [1.29, 1.82) is 0 Å². The van der Waals surface area contributed by atoms with Gasteiger partial charge in [-0.25, -0.2) is 4.79 Å². The van der Waals surface area contributed by atoms with E-state index < -0.39 is 5.97 Å². The quantitative estimate of drug-likeness (QED) is 0.342. The van der Waals surface area contributed by atoms with Crippen LogP contribution in [0.4, 0.5) is 5.69 Å². The summed E-state index contributed by atoms with van der Waals surface area (Å²) in [7, 11) is 0. The van der Waals surface area contributed by atoms with Crippen molar-refractivity contribution in [2.75, 3.05) is 32.1 Å². The number of amides is 1. The topological polar surface area (TPSA) is 109 Å². The van der Waals surface area contributed by atoms with Crippen LogP contribution in [0.15, 0.2) is 36.4 Å². The molecule has 2 aromatic rings. The van der Waals surface area contributed by atoms with Crippen molar-refractivity contribution < 1.29 is 28.5 Å². The molecule has 35 heavy (non-hydrogen) atoms. The summed E-state index contributed by atoms with van der Waals surface area (Å²) in [5, 5.41) is 2.84. The summed E-state index contributed by atoms with van der Waals surface area (Å²) in [6.45, 7) is 5.17. The van der Waals surface area contributed by atoms with Gasteiger partial charge < -0.3 is 30.0 Å². The molecule has 1 aliphatic rings. The molecule has 8 heteroatoms. The van der Waals surface area contributed by atoms with Crippen LogP contribution in [0.1, 0.15) is 61.9 Å². The summed E-state index contributed by atoms with van der Waals surface area (Å²) >= 11 is 0. The summed E-state index contributed by atoms with van der Waals surface area (Å²) < 4.78 is 22.4. The molecule has 0 heterocycles. The third-order valence-electron chi connectivity index (χ3n) is 5.78. The van der Waals surface area contributed by atoms with Gasteiger partial charge in [-0.3, -0.25) is 4.79 Å². The van der Waals surface area contributed by atoms with Crippen molar-refractivity contribution in [1.82, 2.24) is 5.32 Å². The van der Waals surface area contributed by atoms with E-state index in [0.717, 1.165) is 31.2 Å². The highest BCUT2D eigenvalue weighted by Crippen LogP contribution is 2.29. The highest BCUT2D eigenvalue weighted by molar-refractivity contribution is 5.91. The maximum absolute atomic E-state index is 12.5. The standard InChI is InChI=1S/C27H36N2O6/c1-3-32-23-13-10-19(16-25(23)33-4-2)14-15-29-26(30)18-34-24-17-20(11-12-22(24)28)27(31)35-21-8-6-5-7-9-21/h10-13,16-17,21H,3-9,14-15,18,28H2,1-2H3,(H,29,30). The minimum atomic E-state index is -0.395.